The summed E-state index contributed by atoms with van der Waals surface area (Å²) in [5, 5.41) is 3.49. The number of hydrogen-bond donors (Lipinski definition) is 1. The Morgan fingerprint density at radius 3 is 2.76 bits per heavy atom. The molecule has 1 aromatic carbocycles. The van der Waals surface area contributed by atoms with Crippen LogP contribution in [0.25, 0.3) is 0 Å². The summed E-state index contributed by atoms with van der Waals surface area (Å²) in [5.41, 5.74) is 3.85. The van der Waals surface area contributed by atoms with Crippen molar-refractivity contribution < 1.29 is 0 Å². The molecule has 2 rings (SSSR count). The molecule has 0 fully saturated rings. The monoisotopic (exact) mass is 292 g/mol. The van der Waals surface area contributed by atoms with Gasteiger partial charge < -0.3 is 9.88 Å². The van der Waals surface area contributed by atoms with Crippen LogP contribution in [0.2, 0.25) is 0 Å². The van der Waals surface area contributed by atoms with E-state index in [0.717, 1.165) is 17.4 Å². The molecule has 17 heavy (non-hydrogen) atoms. The third-order valence-corrected chi connectivity index (χ3v) is 3.45. The zero-order valence-electron chi connectivity index (χ0n) is 10.2. The Morgan fingerprint density at radius 1 is 1.29 bits per heavy atom. The average molecular weight is 293 g/mol. The Balaban J connectivity index is 2.11. The minimum Gasteiger partial charge on any atom is -0.379 e. The van der Waals surface area contributed by atoms with Gasteiger partial charge in [0.15, 0.2) is 0 Å². The second-order valence-electron chi connectivity index (χ2n) is 4.12. The van der Waals surface area contributed by atoms with Gasteiger partial charge in [-0.25, -0.2) is 0 Å². The number of nitrogens with zero attached hydrogens (tertiary/aromatic N) is 1. The highest BCUT2D eigenvalue weighted by Crippen LogP contribution is 2.22. The maximum atomic E-state index is 3.51. The molecule has 0 spiro atoms. The van der Waals surface area contributed by atoms with Crippen LogP contribution in [0, 0.1) is 0 Å². The Kier molecular flexibility index (Phi) is 3.89. The van der Waals surface area contributed by atoms with Gasteiger partial charge in [0, 0.05) is 29.1 Å². The van der Waals surface area contributed by atoms with E-state index < -0.39 is 0 Å². The largest absolute Gasteiger partial charge is 0.379 e. The first-order chi connectivity index (χ1) is 8.20. The fourth-order valence-electron chi connectivity index (χ4n) is 1.89. The summed E-state index contributed by atoms with van der Waals surface area (Å²) in [6.07, 6.45) is 3.11. The SMILES string of the molecule is CCc1cc(Br)ccc1NCc1cccn1C. The van der Waals surface area contributed by atoms with E-state index in [2.05, 4.69) is 76.3 Å². The molecule has 0 aliphatic carbocycles. The molecule has 0 aliphatic rings. The van der Waals surface area contributed by atoms with Gasteiger partial charge in [-0.15, -0.1) is 0 Å². The summed E-state index contributed by atoms with van der Waals surface area (Å²) < 4.78 is 3.27. The zero-order valence-corrected chi connectivity index (χ0v) is 11.8. The third kappa shape index (κ3) is 2.91. The minimum absolute atomic E-state index is 0.859. The summed E-state index contributed by atoms with van der Waals surface area (Å²) in [7, 11) is 2.07. The van der Waals surface area contributed by atoms with Crippen LogP contribution < -0.4 is 5.32 Å². The highest BCUT2D eigenvalue weighted by molar-refractivity contribution is 9.10. The molecule has 1 N–H and O–H groups in total. The molecule has 1 aromatic heterocycles. The van der Waals surface area contributed by atoms with Crippen molar-refractivity contribution in [3.63, 3.8) is 0 Å². The fraction of sp³-hybridized carbons (Fsp3) is 0.286. The lowest BCUT2D eigenvalue weighted by Gasteiger charge is -2.12. The number of nitrogens with one attached hydrogen (secondary N) is 1. The van der Waals surface area contributed by atoms with Gasteiger partial charge in [0.2, 0.25) is 0 Å². The van der Waals surface area contributed by atoms with Crippen molar-refractivity contribution in [1.29, 1.82) is 0 Å². The molecule has 90 valence electrons. The lowest BCUT2D eigenvalue weighted by Crippen LogP contribution is -2.05. The lowest BCUT2D eigenvalue weighted by atomic mass is 10.1. The van der Waals surface area contributed by atoms with Gasteiger partial charge >= 0.3 is 0 Å². The van der Waals surface area contributed by atoms with Gasteiger partial charge in [0.1, 0.15) is 0 Å². The second kappa shape index (κ2) is 5.41. The standard InChI is InChI=1S/C14H17BrN2/c1-3-11-9-12(15)6-7-14(11)16-10-13-5-4-8-17(13)2/h4-9,16H,3,10H2,1-2H3. The quantitative estimate of drug-likeness (QED) is 0.902. The van der Waals surface area contributed by atoms with Gasteiger partial charge in [0.05, 0.1) is 6.54 Å². The van der Waals surface area contributed by atoms with Gasteiger partial charge in [-0.2, -0.15) is 0 Å². The van der Waals surface area contributed by atoms with E-state index in [4.69, 9.17) is 0 Å². The number of aromatic nitrogens is 1. The fourth-order valence-corrected chi connectivity index (χ4v) is 2.30. The van der Waals surface area contributed by atoms with Gasteiger partial charge in [-0.05, 0) is 42.3 Å². The van der Waals surface area contributed by atoms with Crippen LogP contribution in [0.15, 0.2) is 41.0 Å². The van der Waals surface area contributed by atoms with Crippen molar-refractivity contribution in [2.45, 2.75) is 19.9 Å². The average Bonchev–Trinajstić information content (AvgIpc) is 2.73. The van der Waals surface area contributed by atoms with Crippen molar-refractivity contribution in [1.82, 2.24) is 4.57 Å². The maximum Gasteiger partial charge on any atom is 0.0553 e. The van der Waals surface area contributed by atoms with Gasteiger partial charge in [0.25, 0.3) is 0 Å². The van der Waals surface area contributed by atoms with Crippen LogP contribution in [-0.2, 0) is 20.0 Å². The van der Waals surface area contributed by atoms with Crippen LogP contribution in [0.1, 0.15) is 18.2 Å². The van der Waals surface area contributed by atoms with Crippen molar-refractivity contribution in [3.05, 3.63) is 52.3 Å². The number of rotatable bonds is 4. The van der Waals surface area contributed by atoms with Gasteiger partial charge in [-0.3, -0.25) is 0 Å². The normalized spacial score (nSPS) is 10.5. The van der Waals surface area contributed by atoms with E-state index >= 15 is 0 Å². The summed E-state index contributed by atoms with van der Waals surface area (Å²) >= 11 is 3.51. The van der Waals surface area contributed by atoms with E-state index in [1.165, 1.54) is 16.9 Å². The molecule has 2 aromatic rings. The van der Waals surface area contributed by atoms with Crippen molar-refractivity contribution in [2.24, 2.45) is 7.05 Å². The first-order valence-electron chi connectivity index (χ1n) is 5.83. The third-order valence-electron chi connectivity index (χ3n) is 2.96. The first kappa shape index (κ1) is 12.2. The Hall–Kier alpha value is -1.22. The Morgan fingerprint density at radius 2 is 2.12 bits per heavy atom. The van der Waals surface area contributed by atoms with E-state index in [1.807, 2.05) is 0 Å². The predicted molar refractivity (Wildman–Crippen MR) is 76.3 cm³/mol. The van der Waals surface area contributed by atoms with Crippen LogP contribution >= 0.6 is 15.9 Å². The second-order valence-corrected chi connectivity index (χ2v) is 5.03. The molecule has 0 amide bonds. The molecule has 0 bridgehead atoms. The summed E-state index contributed by atoms with van der Waals surface area (Å²) in [6, 6.07) is 10.6. The Bertz CT molecular complexity index is 503. The summed E-state index contributed by atoms with van der Waals surface area (Å²) in [4.78, 5) is 0. The van der Waals surface area contributed by atoms with E-state index in [-0.39, 0.29) is 0 Å². The zero-order chi connectivity index (χ0) is 12.3. The lowest BCUT2D eigenvalue weighted by molar-refractivity contribution is 0.841. The smallest absolute Gasteiger partial charge is 0.0553 e. The topological polar surface area (TPSA) is 17.0 Å². The molecule has 1 heterocycles. The molecule has 3 heteroatoms. The van der Waals surface area contributed by atoms with Crippen LogP contribution in [0.5, 0.6) is 0 Å². The molecule has 0 saturated carbocycles. The molecule has 2 nitrogen and oxygen atoms in total. The van der Waals surface area contributed by atoms with E-state index in [1.54, 1.807) is 0 Å². The number of hydrogen-bond acceptors (Lipinski definition) is 1. The summed E-state index contributed by atoms with van der Waals surface area (Å²) in [5.74, 6) is 0. The predicted octanol–water partition coefficient (Wildman–Crippen LogP) is 3.96. The molecular formula is C14H17BrN2. The van der Waals surface area contributed by atoms with Crippen LogP contribution in [-0.4, -0.2) is 4.57 Å². The maximum absolute atomic E-state index is 3.51. The number of benzene rings is 1. The number of halogens is 1. The number of anilines is 1. The molecule has 0 aliphatic heterocycles. The van der Waals surface area contributed by atoms with Crippen molar-refractivity contribution in [2.75, 3.05) is 5.32 Å². The first-order valence-corrected chi connectivity index (χ1v) is 6.62. The molecule has 0 radical (unpaired) electrons. The number of aryl methyl sites for hydroxylation is 2. The van der Waals surface area contributed by atoms with Crippen LogP contribution in [0.3, 0.4) is 0 Å². The molecule has 0 unspecified atom stereocenters. The van der Waals surface area contributed by atoms with E-state index in [0.29, 0.717) is 0 Å². The van der Waals surface area contributed by atoms with Crippen molar-refractivity contribution in [3.8, 4) is 0 Å². The highest BCUT2D eigenvalue weighted by atomic mass is 79.9. The molecule has 0 saturated heterocycles. The van der Waals surface area contributed by atoms with Crippen LogP contribution in [0.4, 0.5) is 5.69 Å². The molecule has 0 atom stereocenters. The highest BCUT2D eigenvalue weighted by Gasteiger charge is 2.02. The summed E-state index contributed by atoms with van der Waals surface area (Å²) in [6.45, 7) is 3.04. The molecular weight excluding hydrogens is 276 g/mol. The Labute approximate surface area is 111 Å². The van der Waals surface area contributed by atoms with E-state index in [9.17, 15) is 0 Å². The van der Waals surface area contributed by atoms with Crippen molar-refractivity contribution >= 4 is 21.6 Å². The minimum atomic E-state index is 0.859. The van der Waals surface area contributed by atoms with Gasteiger partial charge in [-0.1, -0.05) is 22.9 Å².